The highest BCUT2D eigenvalue weighted by molar-refractivity contribution is 5.87. The first-order chi connectivity index (χ1) is 11.3. The Bertz CT molecular complexity index is 569. The number of ketones is 2. The molecule has 0 radical (unpaired) electrons. The van der Waals surface area contributed by atoms with Crippen molar-refractivity contribution in [2.24, 2.45) is 40.4 Å². The van der Waals surface area contributed by atoms with Gasteiger partial charge in [0.15, 0.2) is 0 Å². The lowest BCUT2D eigenvalue weighted by Gasteiger charge is -2.59. The third-order valence-electron chi connectivity index (χ3n) is 8.81. The van der Waals surface area contributed by atoms with E-state index in [1.54, 1.807) is 6.92 Å². The Kier molecular flexibility index (Phi) is 3.77. The lowest BCUT2D eigenvalue weighted by molar-refractivity contribution is -0.162. The second kappa shape index (κ2) is 5.40. The van der Waals surface area contributed by atoms with Gasteiger partial charge in [0.25, 0.3) is 0 Å². The van der Waals surface area contributed by atoms with Crippen molar-refractivity contribution in [3.05, 3.63) is 0 Å². The van der Waals surface area contributed by atoms with Crippen molar-refractivity contribution >= 4 is 11.6 Å². The van der Waals surface area contributed by atoms with E-state index < -0.39 is 0 Å². The predicted octanol–water partition coefficient (Wildman–Crippen LogP) is 3.77. The zero-order valence-electron chi connectivity index (χ0n) is 15.4. The van der Waals surface area contributed by atoms with Crippen LogP contribution in [0.5, 0.6) is 0 Å². The van der Waals surface area contributed by atoms with Gasteiger partial charge in [0.05, 0.1) is 6.10 Å². The van der Waals surface area contributed by atoms with Crippen molar-refractivity contribution in [3.8, 4) is 0 Å². The van der Waals surface area contributed by atoms with Crippen molar-refractivity contribution in [2.45, 2.75) is 78.2 Å². The Hall–Kier alpha value is -0.700. The van der Waals surface area contributed by atoms with Crippen molar-refractivity contribution < 1.29 is 14.7 Å². The van der Waals surface area contributed by atoms with Gasteiger partial charge < -0.3 is 5.11 Å². The lowest BCUT2D eigenvalue weighted by Crippen LogP contribution is -2.58. The third-order valence-corrected chi connectivity index (χ3v) is 8.81. The van der Waals surface area contributed by atoms with Crippen LogP contribution in [0.3, 0.4) is 0 Å². The molecular weight excluding hydrogens is 300 g/mol. The highest BCUT2D eigenvalue weighted by Gasteiger charge is 2.63. The van der Waals surface area contributed by atoms with E-state index in [1.165, 1.54) is 0 Å². The molecule has 4 rings (SSSR count). The monoisotopic (exact) mass is 332 g/mol. The van der Waals surface area contributed by atoms with Crippen LogP contribution in [0.1, 0.15) is 72.1 Å². The first-order valence-electron chi connectivity index (χ1n) is 9.98. The van der Waals surface area contributed by atoms with Gasteiger partial charge in [-0.05, 0) is 80.5 Å². The predicted molar refractivity (Wildman–Crippen MR) is 92.3 cm³/mol. The quantitative estimate of drug-likeness (QED) is 0.795. The van der Waals surface area contributed by atoms with Crippen LogP contribution in [-0.2, 0) is 9.59 Å². The number of fused-ring (bicyclic) bond motifs is 5. The summed E-state index contributed by atoms with van der Waals surface area (Å²) in [7, 11) is 0. The van der Waals surface area contributed by atoms with E-state index in [0.29, 0.717) is 30.0 Å². The van der Waals surface area contributed by atoms with E-state index in [-0.39, 0.29) is 34.6 Å². The second-order valence-corrected chi connectivity index (χ2v) is 9.85. The summed E-state index contributed by atoms with van der Waals surface area (Å²) in [5.41, 5.74) is -0.0175. The Morgan fingerprint density at radius 3 is 2.54 bits per heavy atom. The molecule has 8 atom stereocenters. The minimum atomic E-state index is -0.169. The van der Waals surface area contributed by atoms with Crippen LogP contribution in [-0.4, -0.2) is 22.8 Å². The number of rotatable bonds is 1. The van der Waals surface area contributed by atoms with Gasteiger partial charge in [-0.25, -0.2) is 0 Å². The van der Waals surface area contributed by atoms with E-state index >= 15 is 0 Å². The topological polar surface area (TPSA) is 54.4 Å². The molecule has 4 saturated carbocycles. The fraction of sp³-hybridized carbons (Fsp3) is 0.905. The maximum absolute atomic E-state index is 13.3. The molecular formula is C21H32O3. The van der Waals surface area contributed by atoms with Gasteiger partial charge in [0.2, 0.25) is 0 Å². The van der Waals surface area contributed by atoms with Crippen molar-refractivity contribution in [1.82, 2.24) is 0 Å². The molecule has 1 N–H and O–H groups in total. The van der Waals surface area contributed by atoms with Gasteiger partial charge in [0.1, 0.15) is 11.6 Å². The number of carbonyl (C=O) groups is 2. The average molecular weight is 332 g/mol. The molecule has 0 saturated heterocycles. The lowest BCUT2D eigenvalue weighted by atomic mass is 9.44. The molecule has 0 bridgehead atoms. The summed E-state index contributed by atoms with van der Waals surface area (Å²) in [6, 6.07) is 0. The third kappa shape index (κ3) is 2.12. The molecule has 3 nitrogen and oxygen atoms in total. The highest BCUT2D eigenvalue weighted by Crippen LogP contribution is 2.66. The minimum Gasteiger partial charge on any atom is -0.393 e. The van der Waals surface area contributed by atoms with Crippen LogP contribution in [0.25, 0.3) is 0 Å². The van der Waals surface area contributed by atoms with Crippen LogP contribution in [0.2, 0.25) is 0 Å². The summed E-state index contributed by atoms with van der Waals surface area (Å²) >= 11 is 0. The van der Waals surface area contributed by atoms with Crippen LogP contribution >= 0.6 is 0 Å². The fourth-order valence-electron chi connectivity index (χ4n) is 7.72. The fourth-order valence-corrected chi connectivity index (χ4v) is 7.72. The Morgan fingerprint density at radius 1 is 1.08 bits per heavy atom. The van der Waals surface area contributed by atoms with Crippen LogP contribution in [0.15, 0.2) is 0 Å². The summed E-state index contributed by atoms with van der Waals surface area (Å²) in [6.07, 6.45) is 7.53. The van der Waals surface area contributed by atoms with Gasteiger partial charge in [-0.15, -0.1) is 0 Å². The Balaban J connectivity index is 1.68. The zero-order chi connectivity index (χ0) is 17.3. The van der Waals surface area contributed by atoms with Crippen molar-refractivity contribution in [1.29, 1.82) is 0 Å². The Morgan fingerprint density at radius 2 is 1.83 bits per heavy atom. The molecule has 4 fully saturated rings. The first kappa shape index (κ1) is 16.8. The maximum atomic E-state index is 13.3. The van der Waals surface area contributed by atoms with Gasteiger partial charge in [0, 0.05) is 18.3 Å². The molecule has 4 aliphatic carbocycles. The average Bonchev–Trinajstić information content (AvgIpc) is 2.84. The van der Waals surface area contributed by atoms with E-state index in [0.717, 1.165) is 44.9 Å². The molecule has 0 aliphatic heterocycles. The smallest absolute Gasteiger partial charge is 0.137 e. The molecule has 0 aromatic heterocycles. The van der Waals surface area contributed by atoms with Gasteiger partial charge in [-0.2, -0.15) is 0 Å². The normalized spacial score (nSPS) is 53.9. The molecule has 0 spiro atoms. The SMILES string of the molecule is CC(=O)[C@H]1CCC2C3CCC4C[C@@H](O)CC[C@]4(C)C3C(=O)C[C@@]21C. The highest BCUT2D eigenvalue weighted by atomic mass is 16.3. The number of hydrogen-bond acceptors (Lipinski definition) is 3. The van der Waals surface area contributed by atoms with E-state index in [4.69, 9.17) is 0 Å². The molecule has 134 valence electrons. The minimum absolute atomic E-state index is 0.0782. The molecule has 0 amide bonds. The zero-order valence-corrected chi connectivity index (χ0v) is 15.4. The second-order valence-electron chi connectivity index (χ2n) is 9.85. The summed E-state index contributed by atoms with van der Waals surface area (Å²) in [5.74, 6) is 2.48. The molecule has 0 heterocycles. The summed E-state index contributed by atoms with van der Waals surface area (Å²) in [6.45, 7) is 6.28. The number of aliphatic hydroxyl groups excluding tert-OH is 1. The van der Waals surface area contributed by atoms with E-state index in [9.17, 15) is 14.7 Å². The van der Waals surface area contributed by atoms with Crippen LogP contribution in [0, 0.1) is 40.4 Å². The van der Waals surface area contributed by atoms with Gasteiger partial charge >= 0.3 is 0 Å². The summed E-state index contributed by atoms with van der Waals surface area (Å²) < 4.78 is 0. The van der Waals surface area contributed by atoms with Crippen molar-refractivity contribution in [2.75, 3.05) is 0 Å². The molecule has 0 aromatic rings. The molecule has 24 heavy (non-hydrogen) atoms. The van der Waals surface area contributed by atoms with Crippen LogP contribution in [0.4, 0.5) is 0 Å². The van der Waals surface area contributed by atoms with E-state index in [2.05, 4.69) is 13.8 Å². The molecule has 4 unspecified atom stereocenters. The largest absolute Gasteiger partial charge is 0.393 e. The number of Topliss-reactive ketones (excluding diaryl/α,β-unsaturated/α-hetero) is 2. The number of aliphatic hydroxyl groups is 1. The summed E-state index contributed by atoms with van der Waals surface area (Å²) in [4.78, 5) is 25.5. The summed E-state index contributed by atoms with van der Waals surface area (Å²) in [5, 5.41) is 10.1. The van der Waals surface area contributed by atoms with Crippen molar-refractivity contribution in [3.63, 3.8) is 0 Å². The molecule has 4 aliphatic rings. The molecule has 0 aromatic carbocycles. The first-order valence-corrected chi connectivity index (χ1v) is 9.98. The van der Waals surface area contributed by atoms with E-state index in [1.807, 2.05) is 0 Å². The number of carbonyl (C=O) groups excluding carboxylic acids is 2. The Labute approximate surface area is 145 Å². The standard InChI is InChI=1S/C21H32O3/c1-12(22)16-6-7-17-15-5-4-13-10-14(23)8-9-20(13,2)19(15)18(24)11-21(16,17)3/h13-17,19,23H,4-11H2,1-3H3/t13?,14-,15?,16+,17?,19?,20-,21+/m0/s1. The van der Waals surface area contributed by atoms with Gasteiger partial charge in [-0.3, -0.25) is 9.59 Å². The number of hydrogen-bond donors (Lipinski definition) is 1. The van der Waals surface area contributed by atoms with Gasteiger partial charge in [-0.1, -0.05) is 13.8 Å². The van der Waals surface area contributed by atoms with Crippen LogP contribution < -0.4 is 0 Å². The maximum Gasteiger partial charge on any atom is 0.137 e. The molecule has 3 heteroatoms.